The molecule has 24 heavy (non-hydrogen) atoms. The van der Waals surface area contributed by atoms with E-state index in [4.69, 9.17) is 0 Å². The second-order valence-corrected chi connectivity index (χ2v) is 5.46. The van der Waals surface area contributed by atoms with Gasteiger partial charge in [-0.25, -0.2) is 4.98 Å². The molecule has 5 nitrogen and oxygen atoms in total. The van der Waals surface area contributed by atoms with E-state index in [0.717, 1.165) is 40.1 Å². The molecule has 0 atom stereocenters. The molecule has 0 unspecified atom stereocenters. The van der Waals surface area contributed by atoms with Gasteiger partial charge in [-0.05, 0) is 13.0 Å². The number of hydrogen-bond acceptors (Lipinski definition) is 4. The third kappa shape index (κ3) is 2.40. The van der Waals surface area contributed by atoms with Gasteiger partial charge in [0.1, 0.15) is 12.0 Å². The molecule has 0 spiro atoms. The molecule has 0 aliphatic rings. The van der Waals surface area contributed by atoms with E-state index in [1.165, 1.54) is 0 Å². The quantitative estimate of drug-likeness (QED) is 0.620. The highest BCUT2D eigenvalue weighted by atomic mass is 15.2. The Labute approximate surface area is 140 Å². The van der Waals surface area contributed by atoms with E-state index in [-0.39, 0.29) is 0 Å². The van der Waals surface area contributed by atoms with Crippen LogP contribution in [0.5, 0.6) is 0 Å². The second-order valence-electron chi connectivity index (χ2n) is 5.46. The Balaban J connectivity index is 1.98. The zero-order chi connectivity index (χ0) is 16.4. The molecule has 1 N–H and O–H groups in total. The summed E-state index contributed by atoms with van der Waals surface area (Å²) in [6.07, 6.45) is 5.36. The maximum absolute atomic E-state index is 4.54. The van der Waals surface area contributed by atoms with E-state index < -0.39 is 0 Å². The van der Waals surface area contributed by atoms with E-state index in [1.54, 1.807) is 12.5 Å². The van der Waals surface area contributed by atoms with Gasteiger partial charge in [-0.1, -0.05) is 42.5 Å². The van der Waals surface area contributed by atoms with Crippen LogP contribution in [-0.4, -0.2) is 26.3 Å². The molecule has 2 aromatic carbocycles. The number of rotatable bonds is 4. The lowest BCUT2D eigenvalue weighted by molar-refractivity contribution is 0.932. The van der Waals surface area contributed by atoms with E-state index in [0.29, 0.717) is 0 Å². The first-order valence-corrected chi connectivity index (χ1v) is 7.95. The number of aromatic nitrogens is 4. The van der Waals surface area contributed by atoms with Crippen LogP contribution in [0.2, 0.25) is 0 Å². The van der Waals surface area contributed by atoms with Gasteiger partial charge in [0.15, 0.2) is 5.82 Å². The lowest BCUT2D eigenvalue weighted by atomic mass is 10.0. The summed E-state index contributed by atoms with van der Waals surface area (Å²) >= 11 is 0. The molecule has 0 saturated carbocycles. The summed E-state index contributed by atoms with van der Waals surface area (Å²) in [7, 11) is 0. The fourth-order valence-corrected chi connectivity index (χ4v) is 2.90. The van der Waals surface area contributed by atoms with Gasteiger partial charge in [0, 0.05) is 41.0 Å². The largest absolute Gasteiger partial charge is 0.385 e. The molecule has 0 aliphatic heterocycles. The average Bonchev–Trinajstić information content (AvgIpc) is 3.16. The highest BCUT2D eigenvalue weighted by molar-refractivity contribution is 6.00. The van der Waals surface area contributed by atoms with Crippen LogP contribution in [0, 0.1) is 0 Å². The number of para-hydroxylation sites is 1. The maximum Gasteiger partial charge on any atom is 0.168 e. The van der Waals surface area contributed by atoms with Crippen LogP contribution in [-0.2, 0) is 0 Å². The third-order valence-corrected chi connectivity index (χ3v) is 3.97. The molecule has 2 aromatic heterocycles. The first kappa shape index (κ1) is 14.4. The Morgan fingerprint density at radius 2 is 1.75 bits per heavy atom. The van der Waals surface area contributed by atoms with Crippen LogP contribution in [0.1, 0.15) is 6.92 Å². The molecule has 4 rings (SSSR count). The van der Waals surface area contributed by atoms with Crippen molar-refractivity contribution in [3.05, 3.63) is 67.3 Å². The number of anilines is 1. The number of nitrogens with one attached hydrogen (secondary N) is 1. The zero-order valence-electron chi connectivity index (χ0n) is 13.3. The number of fused-ring (bicyclic) bond motifs is 1. The lowest BCUT2D eigenvalue weighted by Crippen LogP contribution is -2.03. The molecule has 118 valence electrons. The Morgan fingerprint density at radius 1 is 0.958 bits per heavy atom. The van der Waals surface area contributed by atoms with Gasteiger partial charge in [-0.3, -0.25) is 4.57 Å². The molecule has 0 saturated heterocycles. The molecule has 0 fully saturated rings. The number of benzene rings is 2. The standard InChI is InChI=1S/C19H17N5/c1-2-21-17-10-6-5-9-16(17)18-14-7-3-4-8-15(14)19(23-22-18)24-12-11-20-13-24/h3-13,21H,2H2,1H3. The first-order valence-electron chi connectivity index (χ1n) is 7.95. The Bertz CT molecular complexity index is 976. The van der Waals surface area contributed by atoms with Gasteiger partial charge in [0.25, 0.3) is 0 Å². The van der Waals surface area contributed by atoms with Crippen molar-refractivity contribution in [3.63, 3.8) is 0 Å². The van der Waals surface area contributed by atoms with E-state index in [2.05, 4.69) is 51.7 Å². The minimum absolute atomic E-state index is 0.785. The molecule has 4 aromatic rings. The number of hydrogen-bond donors (Lipinski definition) is 1. The topological polar surface area (TPSA) is 55.6 Å². The zero-order valence-corrected chi connectivity index (χ0v) is 13.3. The highest BCUT2D eigenvalue weighted by Crippen LogP contribution is 2.33. The minimum atomic E-state index is 0.785. The molecule has 0 radical (unpaired) electrons. The van der Waals surface area contributed by atoms with Crippen LogP contribution >= 0.6 is 0 Å². The molecule has 0 aliphatic carbocycles. The number of nitrogens with zero attached hydrogens (tertiary/aromatic N) is 4. The summed E-state index contributed by atoms with van der Waals surface area (Å²) in [4.78, 5) is 4.11. The lowest BCUT2D eigenvalue weighted by Gasteiger charge is -2.13. The van der Waals surface area contributed by atoms with E-state index >= 15 is 0 Å². The average molecular weight is 315 g/mol. The Hall–Kier alpha value is -3.21. The van der Waals surface area contributed by atoms with Crippen LogP contribution in [0.25, 0.3) is 27.8 Å². The molecule has 5 heteroatoms. The van der Waals surface area contributed by atoms with Crippen molar-refractivity contribution in [2.45, 2.75) is 6.92 Å². The third-order valence-electron chi connectivity index (χ3n) is 3.97. The van der Waals surface area contributed by atoms with Crippen molar-refractivity contribution in [2.75, 3.05) is 11.9 Å². The van der Waals surface area contributed by atoms with Crippen LogP contribution in [0.4, 0.5) is 5.69 Å². The summed E-state index contributed by atoms with van der Waals surface area (Å²) in [5.74, 6) is 0.785. The van der Waals surface area contributed by atoms with Crippen molar-refractivity contribution < 1.29 is 0 Å². The minimum Gasteiger partial charge on any atom is -0.385 e. The van der Waals surface area contributed by atoms with Crippen molar-refractivity contribution in [1.82, 2.24) is 19.7 Å². The van der Waals surface area contributed by atoms with Crippen LogP contribution in [0.15, 0.2) is 67.3 Å². The predicted molar refractivity (Wildman–Crippen MR) is 96.3 cm³/mol. The second kappa shape index (κ2) is 6.12. The summed E-state index contributed by atoms with van der Waals surface area (Å²) in [5.41, 5.74) is 3.00. The van der Waals surface area contributed by atoms with Gasteiger partial charge in [-0.15, -0.1) is 10.2 Å². The highest BCUT2D eigenvalue weighted by Gasteiger charge is 2.14. The fourth-order valence-electron chi connectivity index (χ4n) is 2.90. The maximum atomic E-state index is 4.54. The molecule has 2 heterocycles. The Kier molecular flexibility index (Phi) is 3.67. The summed E-state index contributed by atoms with van der Waals surface area (Å²) in [6.45, 7) is 2.94. The van der Waals surface area contributed by atoms with Crippen molar-refractivity contribution in [3.8, 4) is 17.1 Å². The Morgan fingerprint density at radius 3 is 2.54 bits per heavy atom. The van der Waals surface area contributed by atoms with Gasteiger partial charge in [0.05, 0.1) is 0 Å². The molecule has 0 bridgehead atoms. The van der Waals surface area contributed by atoms with Crippen molar-refractivity contribution in [1.29, 1.82) is 0 Å². The summed E-state index contributed by atoms with van der Waals surface area (Å²) < 4.78 is 1.88. The molecular formula is C19H17N5. The molecular weight excluding hydrogens is 298 g/mol. The normalized spacial score (nSPS) is 10.9. The smallest absolute Gasteiger partial charge is 0.168 e. The predicted octanol–water partition coefficient (Wildman–Crippen LogP) is 3.91. The van der Waals surface area contributed by atoms with Crippen LogP contribution in [0.3, 0.4) is 0 Å². The SMILES string of the molecule is CCNc1ccccc1-c1nnc(-n2ccnc2)c2ccccc12. The van der Waals surface area contributed by atoms with Crippen molar-refractivity contribution in [2.24, 2.45) is 0 Å². The first-order chi connectivity index (χ1) is 11.9. The van der Waals surface area contributed by atoms with Crippen molar-refractivity contribution >= 4 is 16.5 Å². The fraction of sp³-hybridized carbons (Fsp3) is 0.105. The number of imidazole rings is 1. The van der Waals surface area contributed by atoms with Gasteiger partial charge < -0.3 is 5.32 Å². The van der Waals surface area contributed by atoms with E-state index in [9.17, 15) is 0 Å². The van der Waals surface area contributed by atoms with Gasteiger partial charge in [-0.2, -0.15) is 0 Å². The summed E-state index contributed by atoms with van der Waals surface area (Å²) in [6, 6.07) is 16.4. The van der Waals surface area contributed by atoms with Gasteiger partial charge >= 0.3 is 0 Å². The summed E-state index contributed by atoms with van der Waals surface area (Å²) in [5, 5.41) is 14.5. The van der Waals surface area contributed by atoms with Crippen LogP contribution < -0.4 is 5.32 Å². The molecule has 0 amide bonds. The monoisotopic (exact) mass is 315 g/mol. The van der Waals surface area contributed by atoms with Gasteiger partial charge in [0.2, 0.25) is 0 Å². The van der Waals surface area contributed by atoms with E-state index in [1.807, 2.05) is 35.0 Å².